The van der Waals surface area contributed by atoms with Crippen molar-refractivity contribution in [3.63, 3.8) is 0 Å². The summed E-state index contributed by atoms with van der Waals surface area (Å²) in [7, 11) is 2.17. The predicted molar refractivity (Wildman–Crippen MR) is 67.5 cm³/mol. The Morgan fingerprint density at radius 2 is 1.80 bits per heavy atom. The summed E-state index contributed by atoms with van der Waals surface area (Å²) in [5, 5.41) is 3.42. The van der Waals surface area contributed by atoms with Crippen LogP contribution in [0.4, 0.5) is 5.69 Å². The van der Waals surface area contributed by atoms with Crippen molar-refractivity contribution in [2.45, 2.75) is 20.3 Å². The van der Waals surface area contributed by atoms with Crippen molar-refractivity contribution in [1.82, 2.24) is 4.90 Å². The lowest BCUT2D eigenvalue weighted by Crippen LogP contribution is -2.25. The van der Waals surface area contributed by atoms with Crippen molar-refractivity contribution in [2.75, 3.05) is 32.0 Å². The van der Waals surface area contributed by atoms with Gasteiger partial charge in [-0.3, -0.25) is 0 Å². The molecule has 2 nitrogen and oxygen atoms in total. The van der Waals surface area contributed by atoms with Gasteiger partial charge >= 0.3 is 0 Å². The second kappa shape index (κ2) is 6.46. The average molecular weight is 206 g/mol. The summed E-state index contributed by atoms with van der Waals surface area (Å²) in [5.41, 5.74) is 2.52. The van der Waals surface area contributed by atoms with E-state index in [1.165, 1.54) is 24.2 Å². The van der Waals surface area contributed by atoms with Crippen molar-refractivity contribution in [2.24, 2.45) is 0 Å². The number of nitrogens with one attached hydrogen (secondary N) is 1. The molecule has 1 rings (SSSR count). The van der Waals surface area contributed by atoms with E-state index in [9.17, 15) is 0 Å². The van der Waals surface area contributed by atoms with Gasteiger partial charge in [0.2, 0.25) is 0 Å². The van der Waals surface area contributed by atoms with Gasteiger partial charge in [-0.15, -0.1) is 0 Å². The molecule has 2 heteroatoms. The molecule has 1 aromatic rings. The van der Waals surface area contributed by atoms with E-state index in [0.29, 0.717) is 0 Å². The topological polar surface area (TPSA) is 15.3 Å². The molecule has 0 aliphatic heterocycles. The molecule has 0 unspecified atom stereocenters. The van der Waals surface area contributed by atoms with Crippen molar-refractivity contribution in [1.29, 1.82) is 0 Å². The standard InChI is InChI=1S/C13H22N2/c1-4-10-15(3)11-9-14-13-7-5-12(2)6-8-13/h5-8,14H,4,9-11H2,1-3H3. The Balaban J connectivity index is 2.22. The molecule has 0 heterocycles. The molecule has 0 fully saturated rings. The van der Waals surface area contributed by atoms with Gasteiger partial charge in [-0.2, -0.15) is 0 Å². The van der Waals surface area contributed by atoms with Gasteiger partial charge in [-0.05, 0) is 39.1 Å². The third kappa shape index (κ3) is 4.84. The lowest BCUT2D eigenvalue weighted by molar-refractivity contribution is 0.348. The Bertz CT molecular complexity index is 266. The highest BCUT2D eigenvalue weighted by Gasteiger charge is 1.95. The van der Waals surface area contributed by atoms with Crippen LogP contribution in [0.5, 0.6) is 0 Å². The second-order valence-corrected chi connectivity index (χ2v) is 4.10. The highest BCUT2D eigenvalue weighted by Crippen LogP contribution is 2.07. The SMILES string of the molecule is CCCN(C)CCNc1ccc(C)cc1. The Labute approximate surface area is 93.3 Å². The third-order valence-electron chi connectivity index (χ3n) is 2.48. The van der Waals surface area contributed by atoms with Gasteiger partial charge in [0.05, 0.1) is 0 Å². The van der Waals surface area contributed by atoms with Gasteiger partial charge in [-0.1, -0.05) is 24.6 Å². The average Bonchev–Trinajstić information content (AvgIpc) is 2.21. The van der Waals surface area contributed by atoms with Crippen LogP contribution in [0.1, 0.15) is 18.9 Å². The lowest BCUT2D eigenvalue weighted by atomic mass is 10.2. The van der Waals surface area contributed by atoms with Crippen LogP contribution in [0.25, 0.3) is 0 Å². The molecule has 0 spiro atoms. The van der Waals surface area contributed by atoms with E-state index in [2.05, 4.69) is 55.4 Å². The first-order chi connectivity index (χ1) is 7.22. The number of nitrogens with zero attached hydrogens (tertiary/aromatic N) is 1. The smallest absolute Gasteiger partial charge is 0.0340 e. The molecule has 0 saturated heterocycles. The molecular weight excluding hydrogens is 184 g/mol. The quantitative estimate of drug-likeness (QED) is 0.770. The van der Waals surface area contributed by atoms with E-state index in [4.69, 9.17) is 0 Å². The minimum Gasteiger partial charge on any atom is -0.384 e. The maximum absolute atomic E-state index is 3.42. The Hall–Kier alpha value is -1.02. The molecule has 0 bridgehead atoms. The predicted octanol–water partition coefficient (Wildman–Crippen LogP) is 2.75. The van der Waals surface area contributed by atoms with E-state index in [-0.39, 0.29) is 0 Å². The number of hydrogen-bond donors (Lipinski definition) is 1. The summed E-state index contributed by atoms with van der Waals surface area (Å²) < 4.78 is 0. The molecule has 0 radical (unpaired) electrons. The number of likely N-dealkylation sites (N-methyl/N-ethyl adjacent to an activating group) is 1. The van der Waals surface area contributed by atoms with E-state index in [1.807, 2.05) is 0 Å². The van der Waals surface area contributed by atoms with E-state index >= 15 is 0 Å². The van der Waals surface area contributed by atoms with Crippen LogP contribution in [-0.2, 0) is 0 Å². The molecule has 0 saturated carbocycles. The van der Waals surface area contributed by atoms with Gasteiger partial charge in [0.1, 0.15) is 0 Å². The number of hydrogen-bond acceptors (Lipinski definition) is 2. The van der Waals surface area contributed by atoms with Gasteiger partial charge in [0, 0.05) is 18.8 Å². The zero-order valence-corrected chi connectivity index (χ0v) is 10.1. The Morgan fingerprint density at radius 3 is 2.40 bits per heavy atom. The van der Waals surface area contributed by atoms with Crippen molar-refractivity contribution < 1.29 is 0 Å². The molecule has 15 heavy (non-hydrogen) atoms. The summed E-state index contributed by atoms with van der Waals surface area (Å²) in [6.07, 6.45) is 1.22. The highest BCUT2D eigenvalue weighted by molar-refractivity contribution is 5.44. The largest absolute Gasteiger partial charge is 0.384 e. The van der Waals surface area contributed by atoms with Crippen LogP contribution in [-0.4, -0.2) is 31.6 Å². The highest BCUT2D eigenvalue weighted by atomic mass is 15.1. The van der Waals surface area contributed by atoms with Gasteiger partial charge in [0.25, 0.3) is 0 Å². The third-order valence-corrected chi connectivity index (χ3v) is 2.48. The summed E-state index contributed by atoms with van der Waals surface area (Å²) in [4.78, 5) is 2.35. The van der Waals surface area contributed by atoms with Gasteiger partial charge in [0.15, 0.2) is 0 Å². The van der Waals surface area contributed by atoms with E-state index < -0.39 is 0 Å². The lowest BCUT2D eigenvalue weighted by Gasteiger charge is -2.16. The van der Waals surface area contributed by atoms with Crippen LogP contribution >= 0.6 is 0 Å². The maximum atomic E-state index is 3.42. The van der Waals surface area contributed by atoms with Crippen LogP contribution < -0.4 is 5.32 Å². The molecule has 0 amide bonds. The summed E-state index contributed by atoms with van der Waals surface area (Å²) in [5.74, 6) is 0. The Kier molecular flexibility index (Phi) is 5.19. The molecule has 0 aliphatic rings. The molecule has 0 atom stereocenters. The maximum Gasteiger partial charge on any atom is 0.0340 e. The fraction of sp³-hybridized carbons (Fsp3) is 0.538. The van der Waals surface area contributed by atoms with Crippen LogP contribution in [0, 0.1) is 6.92 Å². The molecular formula is C13H22N2. The monoisotopic (exact) mass is 206 g/mol. The minimum absolute atomic E-state index is 1.01. The zero-order valence-electron chi connectivity index (χ0n) is 10.1. The fourth-order valence-corrected chi connectivity index (χ4v) is 1.56. The Morgan fingerprint density at radius 1 is 1.13 bits per heavy atom. The van der Waals surface area contributed by atoms with Crippen LogP contribution in [0.15, 0.2) is 24.3 Å². The first kappa shape index (κ1) is 12.1. The van der Waals surface area contributed by atoms with Crippen LogP contribution in [0.3, 0.4) is 0 Å². The van der Waals surface area contributed by atoms with Crippen molar-refractivity contribution >= 4 is 5.69 Å². The number of benzene rings is 1. The number of aryl methyl sites for hydroxylation is 1. The van der Waals surface area contributed by atoms with Crippen molar-refractivity contribution in [3.8, 4) is 0 Å². The molecule has 0 aliphatic carbocycles. The van der Waals surface area contributed by atoms with Crippen LogP contribution in [0.2, 0.25) is 0 Å². The van der Waals surface area contributed by atoms with Gasteiger partial charge in [-0.25, -0.2) is 0 Å². The second-order valence-electron chi connectivity index (χ2n) is 4.10. The van der Waals surface area contributed by atoms with E-state index in [0.717, 1.165) is 13.1 Å². The first-order valence-corrected chi connectivity index (χ1v) is 5.71. The normalized spacial score (nSPS) is 10.7. The molecule has 1 N–H and O–H groups in total. The number of rotatable bonds is 6. The first-order valence-electron chi connectivity index (χ1n) is 5.71. The zero-order chi connectivity index (χ0) is 11.1. The molecule has 84 valence electrons. The summed E-state index contributed by atoms with van der Waals surface area (Å²) in [6, 6.07) is 8.54. The molecule has 0 aromatic heterocycles. The van der Waals surface area contributed by atoms with Crippen molar-refractivity contribution in [3.05, 3.63) is 29.8 Å². The summed E-state index contributed by atoms with van der Waals surface area (Å²) >= 11 is 0. The van der Waals surface area contributed by atoms with Gasteiger partial charge < -0.3 is 10.2 Å². The minimum atomic E-state index is 1.01. The van der Waals surface area contributed by atoms with E-state index in [1.54, 1.807) is 0 Å². The fourth-order valence-electron chi connectivity index (χ4n) is 1.56. The number of anilines is 1. The molecule has 1 aromatic carbocycles. The summed E-state index contributed by atoms with van der Waals surface area (Å²) in [6.45, 7) is 7.61.